The molecule has 2 fully saturated rings. The third kappa shape index (κ3) is 2.48. The van der Waals surface area contributed by atoms with Gasteiger partial charge in [0, 0.05) is 32.6 Å². The van der Waals surface area contributed by atoms with E-state index in [-0.39, 0.29) is 17.7 Å². The highest BCUT2D eigenvalue weighted by molar-refractivity contribution is 5.89. The van der Waals surface area contributed by atoms with Gasteiger partial charge < -0.3 is 9.80 Å². The van der Waals surface area contributed by atoms with Crippen molar-refractivity contribution in [3.63, 3.8) is 0 Å². The van der Waals surface area contributed by atoms with Crippen LogP contribution >= 0.6 is 0 Å². The molecule has 1 aromatic rings. The van der Waals surface area contributed by atoms with Crippen LogP contribution in [0.4, 0.5) is 0 Å². The monoisotopic (exact) mass is 258 g/mol. The summed E-state index contributed by atoms with van der Waals surface area (Å²) in [6.07, 6.45) is 1.47. The quantitative estimate of drug-likeness (QED) is 0.819. The van der Waals surface area contributed by atoms with Gasteiger partial charge in [0.25, 0.3) is 0 Å². The average molecular weight is 258 g/mol. The summed E-state index contributed by atoms with van der Waals surface area (Å²) in [7, 11) is 0. The van der Waals surface area contributed by atoms with E-state index in [1.165, 1.54) is 0 Å². The van der Waals surface area contributed by atoms with Crippen molar-refractivity contribution in [3.05, 3.63) is 35.9 Å². The van der Waals surface area contributed by atoms with Crippen molar-refractivity contribution < 1.29 is 9.59 Å². The molecule has 0 bridgehead atoms. The van der Waals surface area contributed by atoms with Crippen molar-refractivity contribution in [3.8, 4) is 0 Å². The van der Waals surface area contributed by atoms with Gasteiger partial charge in [0.05, 0.1) is 5.92 Å². The maximum atomic E-state index is 12.1. The first-order valence-electron chi connectivity index (χ1n) is 6.84. The smallest absolute Gasteiger partial charge is 0.227 e. The summed E-state index contributed by atoms with van der Waals surface area (Å²) in [6.45, 7) is 2.91. The molecule has 0 aliphatic carbocycles. The van der Waals surface area contributed by atoms with Gasteiger partial charge >= 0.3 is 0 Å². The Labute approximate surface area is 113 Å². The predicted octanol–water partition coefficient (Wildman–Crippen LogP) is 1.27. The Morgan fingerprint density at radius 1 is 1.21 bits per heavy atom. The zero-order chi connectivity index (χ0) is 13.2. The molecule has 4 heteroatoms. The molecule has 0 N–H and O–H groups in total. The third-order valence-corrected chi connectivity index (χ3v) is 3.95. The lowest BCUT2D eigenvalue weighted by molar-refractivity contribution is -0.139. The number of benzene rings is 1. The third-order valence-electron chi connectivity index (χ3n) is 3.95. The van der Waals surface area contributed by atoms with Gasteiger partial charge in [-0.1, -0.05) is 30.3 Å². The van der Waals surface area contributed by atoms with E-state index in [2.05, 4.69) is 0 Å². The van der Waals surface area contributed by atoms with E-state index >= 15 is 0 Å². The van der Waals surface area contributed by atoms with Crippen molar-refractivity contribution in [2.24, 2.45) is 5.92 Å². The van der Waals surface area contributed by atoms with E-state index in [1.54, 1.807) is 4.90 Å². The maximum Gasteiger partial charge on any atom is 0.227 e. The molecule has 0 spiro atoms. The number of amides is 2. The van der Waals surface area contributed by atoms with Crippen LogP contribution in [0.25, 0.3) is 0 Å². The maximum absolute atomic E-state index is 12.1. The summed E-state index contributed by atoms with van der Waals surface area (Å²) in [4.78, 5) is 27.8. The highest BCUT2D eigenvalue weighted by atomic mass is 16.2. The van der Waals surface area contributed by atoms with Crippen LogP contribution in [0.1, 0.15) is 18.4 Å². The zero-order valence-electron chi connectivity index (χ0n) is 10.9. The van der Waals surface area contributed by atoms with Crippen LogP contribution in [-0.4, -0.2) is 41.2 Å². The highest BCUT2D eigenvalue weighted by Gasteiger charge is 2.37. The van der Waals surface area contributed by atoms with Crippen molar-refractivity contribution in [2.45, 2.75) is 19.4 Å². The van der Waals surface area contributed by atoms with E-state index in [1.807, 2.05) is 35.2 Å². The highest BCUT2D eigenvalue weighted by Crippen LogP contribution is 2.23. The lowest BCUT2D eigenvalue weighted by Gasteiger charge is -2.32. The predicted molar refractivity (Wildman–Crippen MR) is 71.2 cm³/mol. The fourth-order valence-corrected chi connectivity index (χ4v) is 2.69. The van der Waals surface area contributed by atoms with Gasteiger partial charge in [0.2, 0.25) is 11.8 Å². The van der Waals surface area contributed by atoms with Crippen molar-refractivity contribution in [2.75, 3.05) is 19.6 Å². The Hall–Kier alpha value is -1.84. The molecule has 0 saturated carbocycles. The lowest BCUT2D eigenvalue weighted by atomic mass is 10.0. The molecule has 100 valence electrons. The summed E-state index contributed by atoms with van der Waals surface area (Å²) in [6, 6.07) is 9.93. The fraction of sp³-hybridized carbons (Fsp3) is 0.467. The molecular formula is C15H18N2O2. The summed E-state index contributed by atoms with van der Waals surface area (Å²) >= 11 is 0. The number of nitrogens with zero attached hydrogens (tertiary/aromatic N) is 2. The molecule has 1 unspecified atom stereocenters. The molecule has 1 atom stereocenters. The molecule has 2 amide bonds. The summed E-state index contributed by atoms with van der Waals surface area (Å²) in [5.41, 5.74) is 1.12. The average Bonchev–Trinajstić information content (AvgIpc) is 2.70. The first-order chi connectivity index (χ1) is 9.24. The minimum Gasteiger partial charge on any atom is -0.342 e. The largest absolute Gasteiger partial charge is 0.342 e. The van der Waals surface area contributed by atoms with Gasteiger partial charge in [-0.05, 0) is 12.0 Å². The van der Waals surface area contributed by atoms with Crippen molar-refractivity contribution in [1.82, 2.24) is 9.80 Å². The minimum atomic E-state index is -0.128. The van der Waals surface area contributed by atoms with Gasteiger partial charge in [-0.3, -0.25) is 9.59 Å². The van der Waals surface area contributed by atoms with Gasteiger partial charge in [-0.15, -0.1) is 0 Å². The van der Waals surface area contributed by atoms with E-state index < -0.39 is 0 Å². The molecule has 2 heterocycles. The van der Waals surface area contributed by atoms with Crippen LogP contribution in [0.2, 0.25) is 0 Å². The second-order valence-corrected chi connectivity index (χ2v) is 5.34. The number of hydrogen-bond donors (Lipinski definition) is 0. The van der Waals surface area contributed by atoms with Crippen LogP contribution in [0.3, 0.4) is 0 Å². The van der Waals surface area contributed by atoms with Gasteiger partial charge in [0.1, 0.15) is 0 Å². The second-order valence-electron chi connectivity index (χ2n) is 5.34. The van der Waals surface area contributed by atoms with Gasteiger partial charge in [0.15, 0.2) is 0 Å². The van der Waals surface area contributed by atoms with E-state index in [0.29, 0.717) is 19.5 Å². The van der Waals surface area contributed by atoms with Crippen molar-refractivity contribution in [1.29, 1.82) is 0 Å². The van der Waals surface area contributed by atoms with Crippen LogP contribution < -0.4 is 0 Å². The van der Waals surface area contributed by atoms with Crippen LogP contribution in [0, 0.1) is 5.92 Å². The Morgan fingerprint density at radius 2 is 1.95 bits per heavy atom. The standard InChI is InChI=1S/C15H18N2O2/c18-14-9-13(15(19)16-7-4-8-16)11-17(14)10-12-5-2-1-3-6-12/h1-3,5-6,13H,4,7-11H2. The molecular weight excluding hydrogens is 240 g/mol. The van der Waals surface area contributed by atoms with E-state index in [9.17, 15) is 9.59 Å². The van der Waals surface area contributed by atoms with Gasteiger partial charge in [-0.25, -0.2) is 0 Å². The molecule has 2 aliphatic rings. The molecule has 1 aromatic carbocycles. The Balaban J connectivity index is 1.62. The fourth-order valence-electron chi connectivity index (χ4n) is 2.69. The minimum absolute atomic E-state index is 0.0997. The van der Waals surface area contributed by atoms with Gasteiger partial charge in [-0.2, -0.15) is 0 Å². The summed E-state index contributed by atoms with van der Waals surface area (Å²) in [5, 5.41) is 0. The molecule has 2 aliphatic heterocycles. The molecule has 4 nitrogen and oxygen atoms in total. The zero-order valence-corrected chi connectivity index (χ0v) is 10.9. The molecule has 0 radical (unpaired) electrons. The van der Waals surface area contributed by atoms with Crippen molar-refractivity contribution >= 4 is 11.8 Å². The Kier molecular flexibility index (Phi) is 3.23. The second kappa shape index (κ2) is 5.03. The Morgan fingerprint density at radius 3 is 2.58 bits per heavy atom. The van der Waals surface area contributed by atoms with Crippen LogP contribution in [0.15, 0.2) is 30.3 Å². The first-order valence-corrected chi connectivity index (χ1v) is 6.84. The number of rotatable bonds is 3. The van der Waals surface area contributed by atoms with Crippen LogP contribution in [-0.2, 0) is 16.1 Å². The molecule has 0 aromatic heterocycles. The topological polar surface area (TPSA) is 40.6 Å². The number of carbonyl (C=O) groups excluding carboxylic acids is 2. The SMILES string of the molecule is O=C1CC(C(=O)N2CCC2)CN1Cc1ccccc1. The first kappa shape index (κ1) is 12.2. The normalized spacial score (nSPS) is 22.5. The number of hydrogen-bond acceptors (Lipinski definition) is 2. The summed E-state index contributed by atoms with van der Waals surface area (Å²) < 4.78 is 0. The molecule has 19 heavy (non-hydrogen) atoms. The van der Waals surface area contributed by atoms with Crippen LogP contribution in [0.5, 0.6) is 0 Å². The number of carbonyl (C=O) groups is 2. The van der Waals surface area contributed by atoms with E-state index in [4.69, 9.17) is 0 Å². The number of likely N-dealkylation sites (tertiary alicyclic amines) is 2. The Bertz CT molecular complexity index is 482. The summed E-state index contributed by atoms with van der Waals surface area (Å²) in [5.74, 6) is 0.134. The lowest BCUT2D eigenvalue weighted by Crippen LogP contribution is -2.45. The molecule has 2 saturated heterocycles. The van der Waals surface area contributed by atoms with E-state index in [0.717, 1.165) is 25.1 Å². The molecule has 3 rings (SSSR count).